The Labute approximate surface area is 168 Å². The molecule has 0 saturated heterocycles. The largest absolute Gasteiger partial charge is 0.350 e. The molecule has 4 nitrogen and oxygen atoms in total. The highest BCUT2D eigenvalue weighted by atomic mass is 28.4. The molecule has 0 amide bonds. The van der Waals surface area contributed by atoms with Crippen LogP contribution in [0.1, 0.15) is 26.7 Å². The van der Waals surface area contributed by atoms with E-state index < -0.39 is 32.9 Å². The van der Waals surface area contributed by atoms with Crippen LogP contribution in [-0.4, -0.2) is 53.0 Å². The van der Waals surface area contributed by atoms with E-state index in [1.807, 2.05) is 0 Å². The van der Waals surface area contributed by atoms with Gasteiger partial charge < -0.3 is 8.68 Å². The summed E-state index contributed by atoms with van der Waals surface area (Å²) >= 11 is 0. The Bertz CT molecular complexity index is 441. The molecule has 0 aromatic rings. The first kappa shape index (κ1) is 25.8. The van der Waals surface area contributed by atoms with Gasteiger partial charge in [0.15, 0.2) is 32.9 Å². The highest BCUT2D eigenvalue weighted by Crippen LogP contribution is 2.22. The summed E-state index contributed by atoms with van der Waals surface area (Å²) < 4.78 is 5.02. The third-order valence-corrected chi connectivity index (χ3v) is 17.5. The van der Waals surface area contributed by atoms with Crippen LogP contribution < -0.4 is 0 Å². The molecule has 0 atom stereocenters. The highest BCUT2D eigenvalue weighted by molar-refractivity contribution is 6.90. The molecule has 0 saturated carbocycles. The molecule has 0 spiro atoms. The SMILES string of the molecule is C/C(CC/C(C)=N/N([Si](C)(C)C)[Si](C)(C)C)=N\N([Si](C)(C)C)[Si](C)(C)C. The van der Waals surface area contributed by atoms with Crippen LogP contribution >= 0.6 is 0 Å². The third kappa shape index (κ3) is 9.14. The fourth-order valence-electron chi connectivity index (χ4n) is 3.42. The minimum atomic E-state index is -1.44. The average molecular weight is 431 g/mol. The number of hydrogen-bond acceptors (Lipinski definition) is 4. The maximum absolute atomic E-state index is 5.09. The molecular weight excluding hydrogens is 385 g/mol. The number of hydrogen-bond donors (Lipinski definition) is 0. The van der Waals surface area contributed by atoms with Crippen molar-refractivity contribution >= 4 is 44.4 Å². The van der Waals surface area contributed by atoms with Gasteiger partial charge in [-0.3, -0.25) is 0 Å². The fourth-order valence-corrected chi connectivity index (χ4v) is 21.4. The predicted octanol–water partition coefficient (Wildman–Crippen LogP) is 6.46. The lowest BCUT2D eigenvalue weighted by Gasteiger charge is -2.42. The van der Waals surface area contributed by atoms with Crippen LogP contribution in [0.2, 0.25) is 78.6 Å². The second-order valence-corrected chi connectivity index (χ2v) is 31.4. The molecule has 0 fully saturated rings. The summed E-state index contributed by atoms with van der Waals surface area (Å²) in [6.45, 7) is 33.1. The molecule has 8 heteroatoms. The van der Waals surface area contributed by atoms with Crippen molar-refractivity contribution < 1.29 is 0 Å². The smallest absolute Gasteiger partial charge is 0.158 e. The fraction of sp³-hybridized carbons (Fsp3) is 0.889. The Kier molecular flexibility index (Phi) is 8.81. The third-order valence-electron chi connectivity index (χ3n) is 3.93. The lowest BCUT2D eigenvalue weighted by molar-refractivity contribution is 0.656. The second kappa shape index (κ2) is 8.87. The molecule has 0 heterocycles. The molecule has 0 aliphatic carbocycles. The first-order chi connectivity index (χ1) is 11.3. The van der Waals surface area contributed by atoms with Crippen molar-refractivity contribution in [2.45, 2.75) is 105 Å². The molecule has 0 aliphatic rings. The van der Waals surface area contributed by atoms with E-state index in [9.17, 15) is 0 Å². The monoisotopic (exact) mass is 430 g/mol. The Hall–Kier alpha value is -0.192. The Morgan fingerprint density at radius 2 is 0.692 bits per heavy atom. The van der Waals surface area contributed by atoms with Crippen molar-refractivity contribution in [3.8, 4) is 0 Å². The van der Waals surface area contributed by atoms with Crippen LogP contribution in [0.5, 0.6) is 0 Å². The maximum atomic E-state index is 5.09. The van der Waals surface area contributed by atoms with Crippen molar-refractivity contribution in [2.24, 2.45) is 10.2 Å². The zero-order valence-corrected chi connectivity index (χ0v) is 24.2. The molecule has 0 bridgehead atoms. The Morgan fingerprint density at radius 1 is 0.500 bits per heavy atom. The summed E-state index contributed by atoms with van der Waals surface area (Å²) in [5, 5.41) is 10.2. The zero-order chi connectivity index (χ0) is 21.1. The van der Waals surface area contributed by atoms with Crippen molar-refractivity contribution in [1.29, 1.82) is 0 Å². The number of hydrazone groups is 2. The van der Waals surface area contributed by atoms with E-state index >= 15 is 0 Å². The van der Waals surface area contributed by atoms with Gasteiger partial charge in [-0.15, -0.1) is 0 Å². The predicted molar refractivity (Wildman–Crippen MR) is 133 cm³/mol. The Morgan fingerprint density at radius 3 is 0.846 bits per heavy atom. The summed E-state index contributed by atoms with van der Waals surface area (Å²) in [5.41, 5.74) is 2.49. The quantitative estimate of drug-likeness (QED) is 0.239. The van der Waals surface area contributed by atoms with Gasteiger partial charge in [0, 0.05) is 11.4 Å². The average Bonchev–Trinajstić information content (AvgIpc) is 2.34. The van der Waals surface area contributed by atoms with E-state index in [2.05, 4.69) is 101 Å². The molecule has 0 rings (SSSR count). The van der Waals surface area contributed by atoms with Gasteiger partial charge in [-0.1, -0.05) is 78.6 Å². The van der Waals surface area contributed by atoms with Crippen LogP contribution in [0.25, 0.3) is 0 Å². The van der Waals surface area contributed by atoms with Crippen LogP contribution in [0.4, 0.5) is 0 Å². The van der Waals surface area contributed by atoms with E-state index in [-0.39, 0.29) is 0 Å². The minimum absolute atomic E-state index is 1.01. The van der Waals surface area contributed by atoms with Gasteiger partial charge in [0.1, 0.15) is 0 Å². The number of nitrogens with zero attached hydrogens (tertiary/aromatic N) is 4. The standard InChI is InChI=1S/C18H46N4Si4/c1-17(19-21(23(3,4)5)24(6,7)8)15-16-18(2)20-22(25(9,10)11)26(12,13)14/h15-16H2,1-14H3/b19-17+,20-18+. The summed E-state index contributed by atoms with van der Waals surface area (Å²) in [6.07, 6.45) is 2.01. The van der Waals surface area contributed by atoms with E-state index in [0.29, 0.717) is 0 Å². The molecular formula is C18H46N4Si4. The van der Waals surface area contributed by atoms with Crippen LogP contribution in [0, 0.1) is 0 Å². The van der Waals surface area contributed by atoms with Crippen molar-refractivity contribution in [1.82, 2.24) is 8.68 Å². The van der Waals surface area contributed by atoms with Gasteiger partial charge in [-0.05, 0) is 26.7 Å². The van der Waals surface area contributed by atoms with Gasteiger partial charge >= 0.3 is 0 Å². The topological polar surface area (TPSA) is 31.2 Å². The van der Waals surface area contributed by atoms with E-state index in [1.54, 1.807) is 0 Å². The first-order valence-electron chi connectivity index (χ1n) is 9.95. The summed E-state index contributed by atoms with van der Waals surface area (Å²) in [6, 6.07) is 0. The summed E-state index contributed by atoms with van der Waals surface area (Å²) in [5.74, 6) is 0. The molecule has 0 aliphatic heterocycles. The molecule has 26 heavy (non-hydrogen) atoms. The number of rotatable bonds is 9. The summed E-state index contributed by atoms with van der Waals surface area (Å²) in [4.78, 5) is 0. The van der Waals surface area contributed by atoms with Gasteiger partial charge in [-0.25, -0.2) is 10.2 Å². The molecule has 0 aromatic carbocycles. The van der Waals surface area contributed by atoms with E-state index in [4.69, 9.17) is 10.2 Å². The molecule has 154 valence electrons. The highest BCUT2D eigenvalue weighted by Gasteiger charge is 2.34. The second-order valence-electron chi connectivity index (χ2n) is 11.5. The lowest BCUT2D eigenvalue weighted by atomic mass is 10.2. The molecule has 0 N–H and O–H groups in total. The van der Waals surface area contributed by atoms with Crippen molar-refractivity contribution in [3.05, 3.63) is 0 Å². The lowest BCUT2D eigenvalue weighted by Crippen LogP contribution is -2.56. The van der Waals surface area contributed by atoms with Gasteiger partial charge in [-0.2, -0.15) is 0 Å². The van der Waals surface area contributed by atoms with E-state index in [0.717, 1.165) is 12.8 Å². The molecule has 0 unspecified atom stereocenters. The molecule has 0 aromatic heterocycles. The van der Waals surface area contributed by atoms with Crippen LogP contribution in [0.15, 0.2) is 10.2 Å². The van der Waals surface area contributed by atoms with Gasteiger partial charge in [0.2, 0.25) is 0 Å². The van der Waals surface area contributed by atoms with E-state index in [1.165, 1.54) is 11.4 Å². The van der Waals surface area contributed by atoms with Crippen LogP contribution in [0.3, 0.4) is 0 Å². The van der Waals surface area contributed by atoms with Gasteiger partial charge in [0.05, 0.1) is 0 Å². The Balaban J connectivity index is 5.27. The molecule has 0 radical (unpaired) electrons. The minimum Gasteiger partial charge on any atom is -0.350 e. The summed E-state index contributed by atoms with van der Waals surface area (Å²) in [7, 11) is -5.75. The van der Waals surface area contributed by atoms with Gasteiger partial charge in [0.25, 0.3) is 0 Å². The first-order valence-corrected chi connectivity index (χ1v) is 23.7. The van der Waals surface area contributed by atoms with Crippen LogP contribution in [-0.2, 0) is 0 Å². The van der Waals surface area contributed by atoms with Crippen molar-refractivity contribution in [3.63, 3.8) is 0 Å². The zero-order valence-electron chi connectivity index (χ0n) is 20.2. The normalized spacial score (nSPS) is 15.3. The van der Waals surface area contributed by atoms with Crippen molar-refractivity contribution in [2.75, 3.05) is 0 Å². The maximum Gasteiger partial charge on any atom is 0.158 e.